The summed E-state index contributed by atoms with van der Waals surface area (Å²) < 4.78 is 39.4. The van der Waals surface area contributed by atoms with Crippen LogP contribution in [0.1, 0.15) is 25.7 Å². The zero-order valence-corrected chi connectivity index (χ0v) is 10.8. The first-order valence-electron chi connectivity index (χ1n) is 6.03. The fourth-order valence-corrected chi connectivity index (χ4v) is 3.11. The molecule has 100 valence electrons. The molecule has 0 heterocycles. The molecular formula is C12H17FN2O2S. The van der Waals surface area contributed by atoms with E-state index in [0.717, 1.165) is 18.6 Å². The van der Waals surface area contributed by atoms with Crippen molar-refractivity contribution in [1.82, 2.24) is 4.72 Å². The SMILES string of the molecule is Nc1cc(F)cc(S(=O)(=O)NCCC2CCC2)c1. The number of nitrogens with one attached hydrogen (secondary N) is 1. The molecule has 4 nitrogen and oxygen atoms in total. The summed E-state index contributed by atoms with van der Waals surface area (Å²) in [6.07, 6.45) is 4.42. The minimum Gasteiger partial charge on any atom is -0.399 e. The normalized spacial score (nSPS) is 16.5. The van der Waals surface area contributed by atoms with Crippen molar-refractivity contribution in [3.63, 3.8) is 0 Å². The highest BCUT2D eigenvalue weighted by molar-refractivity contribution is 7.89. The van der Waals surface area contributed by atoms with Crippen molar-refractivity contribution in [2.24, 2.45) is 5.92 Å². The van der Waals surface area contributed by atoms with Gasteiger partial charge >= 0.3 is 0 Å². The van der Waals surface area contributed by atoms with Crippen molar-refractivity contribution in [2.45, 2.75) is 30.6 Å². The average molecular weight is 272 g/mol. The Labute approximate surface area is 106 Å². The number of rotatable bonds is 5. The molecule has 1 aliphatic rings. The van der Waals surface area contributed by atoms with Crippen molar-refractivity contribution >= 4 is 15.7 Å². The third kappa shape index (κ3) is 3.20. The van der Waals surface area contributed by atoms with Crippen LogP contribution < -0.4 is 10.5 Å². The standard InChI is InChI=1S/C12H17FN2O2S/c13-10-6-11(14)8-12(7-10)18(16,17)15-5-4-9-2-1-3-9/h6-9,15H,1-5,14H2. The summed E-state index contributed by atoms with van der Waals surface area (Å²) in [4.78, 5) is -0.117. The fourth-order valence-electron chi connectivity index (χ4n) is 2.00. The maximum atomic E-state index is 13.1. The molecule has 0 bridgehead atoms. The molecule has 0 aliphatic heterocycles. The molecular weight excluding hydrogens is 255 g/mol. The monoisotopic (exact) mass is 272 g/mol. The van der Waals surface area contributed by atoms with Crippen LogP contribution in [-0.4, -0.2) is 15.0 Å². The molecule has 1 aromatic rings. The molecule has 2 rings (SSSR count). The van der Waals surface area contributed by atoms with Crippen molar-refractivity contribution in [3.05, 3.63) is 24.0 Å². The van der Waals surface area contributed by atoms with E-state index in [1.54, 1.807) is 0 Å². The fraction of sp³-hybridized carbons (Fsp3) is 0.500. The lowest BCUT2D eigenvalue weighted by molar-refractivity contribution is 0.297. The van der Waals surface area contributed by atoms with Gasteiger partial charge in [0.05, 0.1) is 4.90 Å². The highest BCUT2D eigenvalue weighted by Gasteiger charge is 2.19. The van der Waals surface area contributed by atoms with Gasteiger partial charge in [0.2, 0.25) is 10.0 Å². The summed E-state index contributed by atoms with van der Waals surface area (Å²) in [5, 5.41) is 0. The van der Waals surface area contributed by atoms with E-state index in [0.29, 0.717) is 12.5 Å². The summed E-state index contributed by atoms with van der Waals surface area (Å²) in [5.74, 6) is -0.0142. The molecule has 1 aliphatic carbocycles. The third-order valence-corrected chi connectivity index (χ3v) is 4.71. The largest absolute Gasteiger partial charge is 0.399 e. The Morgan fingerprint density at radius 1 is 1.33 bits per heavy atom. The smallest absolute Gasteiger partial charge is 0.240 e. The summed E-state index contributed by atoms with van der Waals surface area (Å²) in [7, 11) is -3.66. The van der Waals surface area contributed by atoms with E-state index in [1.807, 2.05) is 0 Å². The lowest BCUT2D eigenvalue weighted by Gasteiger charge is -2.25. The number of sulfonamides is 1. The first-order valence-corrected chi connectivity index (χ1v) is 7.51. The molecule has 1 aromatic carbocycles. The van der Waals surface area contributed by atoms with Gasteiger partial charge in [-0.3, -0.25) is 0 Å². The van der Waals surface area contributed by atoms with E-state index < -0.39 is 15.8 Å². The number of nitrogens with two attached hydrogens (primary N) is 1. The molecule has 0 atom stereocenters. The number of anilines is 1. The van der Waals surface area contributed by atoms with E-state index >= 15 is 0 Å². The topological polar surface area (TPSA) is 72.2 Å². The summed E-state index contributed by atoms with van der Waals surface area (Å²) in [6.45, 7) is 0.392. The number of halogens is 1. The summed E-state index contributed by atoms with van der Waals surface area (Å²) >= 11 is 0. The first kappa shape index (κ1) is 13.3. The quantitative estimate of drug-likeness (QED) is 0.804. The minimum absolute atomic E-state index is 0.106. The Morgan fingerprint density at radius 2 is 2.06 bits per heavy atom. The minimum atomic E-state index is -3.66. The van der Waals surface area contributed by atoms with Crippen molar-refractivity contribution < 1.29 is 12.8 Å². The van der Waals surface area contributed by atoms with Gasteiger partial charge in [0.15, 0.2) is 0 Å². The van der Waals surface area contributed by atoms with Crippen LogP contribution in [0.5, 0.6) is 0 Å². The maximum Gasteiger partial charge on any atom is 0.240 e. The van der Waals surface area contributed by atoms with Crippen molar-refractivity contribution in [2.75, 3.05) is 12.3 Å². The third-order valence-electron chi connectivity index (χ3n) is 3.27. The van der Waals surface area contributed by atoms with Crippen LogP contribution in [0.3, 0.4) is 0 Å². The van der Waals surface area contributed by atoms with E-state index in [1.165, 1.54) is 25.3 Å². The predicted molar refractivity (Wildman–Crippen MR) is 68.0 cm³/mol. The highest BCUT2D eigenvalue weighted by Crippen LogP contribution is 2.28. The molecule has 0 amide bonds. The molecule has 18 heavy (non-hydrogen) atoms. The molecule has 0 aromatic heterocycles. The van der Waals surface area contributed by atoms with Crippen LogP contribution in [0.4, 0.5) is 10.1 Å². The number of hydrogen-bond acceptors (Lipinski definition) is 3. The van der Waals surface area contributed by atoms with Crippen LogP contribution in [0.15, 0.2) is 23.1 Å². The van der Waals surface area contributed by atoms with Gasteiger partial charge in [0.1, 0.15) is 5.82 Å². The van der Waals surface area contributed by atoms with Gasteiger partial charge in [-0.05, 0) is 30.5 Å². The van der Waals surface area contributed by atoms with E-state index in [2.05, 4.69) is 4.72 Å². The summed E-state index contributed by atoms with van der Waals surface area (Å²) in [5.41, 5.74) is 5.54. The lowest BCUT2D eigenvalue weighted by Crippen LogP contribution is -2.27. The van der Waals surface area contributed by atoms with Crippen molar-refractivity contribution in [3.8, 4) is 0 Å². The number of nitrogen functional groups attached to an aromatic ring is 1. The Balaban J connectivity index is 2.00. The van der Waals surface area contributed by atoms with Gasteiger partial charge in [-0.1, -0.05) is 19.3 Å². The van der Waals surface area contributed by atoms with Gasteiger partial charge in [0, 0.05) is 12.2 Å². The second-order valence-electron chi connectivity index (χ2n) is 4.70. The lowest BCUT2D eigenvalue weighted by atomic mass is 9.83. The molecule has 6 heteroatoms. The van der Waals surface area contributed by atoms with Crippen LogP contribution in [0, 0.1) is 11.7 Å². The van der Waals surface area contributed by atoms with Crippen LogP contribution in [0.2, 0.25) is 0 Å². The molecule has 3 N–H and O–H groups in total. The van der Waals surface area contributed by atoms with Crippen LogP contribution in [0.25, 0.3) is 0 Å². The number of hydrogen-bond donors (Lipinski definition) is 2. The molecule has 0 spiro atoms. The van der Waals surface area contributed by atoms with Gasteiger partial charge in [0.25, 0.3) is 0 Å². The van der Waals surface area contributed by atoms with Gasteiger partial charge in [-0.15, -0.1) is 0 Å². The van der Waals surface area contributed by atoms with E-state index in [9.17, 15) is 12.8 Å². The highest BCUT2D eigenvalue weighted by atomic mass is 32.2. The Morgan fingerprint density at radius 3 is 2.61 bits per heavy atom. The zero-order chi connectivity index (χ0) is 13.2. The molecule has 0 saturated heterocycles. The second kappa shape index (κ2) is 5.24. The Kier molecular flexibility index (Phi) is 3.87. The van der Waals surface area contributed by atoms with Crippen molar-refractivity contribution in [1.29, 1.82) is 0 Å². The Hall–Kier alpha value is -1.14. The second-order valence-corrected chi connectivity index (χ2v) is 6.47. The first-order chi connectivity index (χ1) is 8.47. The zero-order valence-electron chi connectivity index (χ0n) is 10.0. The van der Waals surface area contributed by atoms with E-state index in [-0.39, 0.29) is 10.6 Å². The predicted octanol–water partition coefficient (Wildman–Crippen LogP) is 1.88. The average Bonchev–Trinajstić information content (AvgIpc) is 2.20. The van der Waals surface area contributed by atoms with Crippen LogP contribution >= 0.6 is 0 Å². The molecule has 0 radical (unpaired) electrons. The number of benzene rings is 1. The van der Waals surface area contributed by atoms with Gasteiger partial charge < -0.3 is 5.73 Å². The van der Waals surface area contributed by atoms with E-state index in [4.69, 9.17) is 5.73 Å². The molecule has 1 saturated carbocycles. The maximum absolute atomic E-state index is 13.1. The van der Waals surface area contributed by atoms with Crippen LogP contribution in [-0.2, 0) is 10.0 Å². The molecule has 1 fully saturated rings. The van der Waals surface area contributed by atoms with Gasteiger partial charge in [-0.25, -0.2) is 17.5 Å². The van der Waals surface area contributed by atoms with Gasteiger partial charge in [-0.2, -0.15) is 0 Å². The summed E-state index contributed by atoms with van der Waals surface area (Å²) in [6, 6.07) is 3.32. The Bertz CT molecular complexity index is 507. The molecule has 0 unspecified atom stereocenters.